The molecule has 1 N–H and O–H groups in total. The fourth-order valence-electron chi connectivity index (χ4n) is 4.26. The lowest BCUT2D eigenvalue weighted by molar-refractivity contribution is -0.132. The van der Waals surface area contributed by atoms with Crippen molar-refractivity contribution in [1.82, 2.24) is 4.98 Å². The number of nitrogens with zero attached hydrogens (tertiary/aromatic N) is 2. The van der Waals surface area contributed by atoms with Crippen molar-refractivity contribution >= 4 is 29.1 Å². The van der Waals surface area contributed by atoms with E-state index in [-0.39, 0.29) is 11.3 Å². The predicted octanol–water partition coefficient (Wildman–Crippen LogP) is 4.98. The summed E-state index contributed by atoms with van der Waals surface area (Å²) in [6.07, 6.45) is 3.84. The highest BCUT2D eigenvalue weighted by Gasteiger charge is 2.47. The van der Waals surface area contributed by atoms with Crippen LogP contribution in [0.3, 0.4) is 0 Å². The summed E-state index contributed by atoms with van der Waals surface area (Å²) in [5.74, 6) is -1.70. The van der Waals surface area contributed by atoms with Crippen molar-refractivity contribution in [3.05, 3.63) is 94.8 Å². The Balaban J connectivity index is 1.80. The van der Waals surface area contributed by atoms with Gasteiger partial charge in [-0.2, -0.15) is 0 Å². The molecule has 0 aliphatic carbocycles. The van der Waals surface area contributed by atoms with Crippen LogP contribution in [0.2, 0.25) is 0 Å². The standard InChI is InChI=1S/C29H28N2O6/c1-4-15-37-29(35)19-8-11-22(12-9-19)31-25(21-7-6-14-30-17-21)24(27(33)28(31)34)26(32)20-10-13-23(36-5-2)18(3)16-20/h6-14,16-17,25,32H,4-5,15H2,1-3H3/b26-24-. The number of carbonyl (C=O) groups excluding carboxylic acids is 3. The maximum absolute atomic E-state index is 13.3. The largest absolute Gasteiger partial charge is 0.507 e. The van der Waals surface area contributed by atoms with E-state index in [9.17, 15) is 19.5 Å². The second kappa shape index (κ2) is 11.1. The molecule has 1 aliphatic rings. The third-order valence-corrected chi connectivity index (χ3v) is 6.01. The summed E-state index contributed by atoms with van der Waals surface area (Å²) in [6.45, 7) is 6.42. The third-order valence-electron chi connectivity index (χ3n) is 6.01. The monoisotopic (exact) mass is 500 g/mol. The normalized spacial score (nSPS) is 16.6. The maximum atomic E-state index is 13.3. The molecule has 8 nitrogen and oxygen atoms in total. The molecule has 190 valence electrons. The van der Waals surface area contributed by atoms with E-state index in [0.29, 0.717) is 47.8 Å². The molecule has 2 aromatic carbocycles. The highest BCUT2D eigenvalue weighted by atomic mass is 16.5. The lowest BCUT2D eigenvalue weighted by Crippen LogP contribution is -2.29. The number of pyridine rings is 1. The number of carbonyl (C=O) groups is 3. The number of aryl methyl sites for hydroxylation is 1. The van der Waals surface area contributed by atoms with Gasteiger partial charge in [0.05, 0.1) is 30.4 Å². The molecular weight excluding hydrogens is 472 g/mol. The van der Waals surface area contributed by atoms with E-state index in [1.807, 2.05) is 20.8 Å². The minimum Gasteiger partial charge on any atom is -0.507 e. The number of hydrogen-bond donors (Lipinski definition) is 1. The van der Waals surface area contributed by atoms with Gasteiger partial charge in [-0.1, -0.05) is 13.0 Å². The van der Waals surface area contributed by atoms with Crippen molar-refractivity contribution in [3.8, 4) is 5.75 Å². The molecule has 4 rings (SSSR count). The van der Waals surface area contributed by atoms with Crippen molar-refractivity contribution in [1.29, 1.82) is 0 Å². The summed E-state index contributed by atoms with van der Waals surface area (Å²) in [5, 5.41) is 11.3. The number of amides is 1. The van der Waals surface area contributed by atoms with Crippen LogP contribution in [0.25, 0.3) is 5.76 Å². The van der Waals surface area contributed by atoms with Crippen LogP contribution in [-0.2, 0) is 14.3 Å². The average Bonchev–Trinajstić information content (AvgIpc) is 3.18. The summed E-state index contributed by atoms with van der Waals surface area (Å²) in [7, 11) is 0. The summed E-state index contributed by atoms with van der Waals surface area (Å²) in [6, 6.07) is 13.9. The van der Waals surface area contributed by atoms with Gasteiger partial charge in [0.1, 0.15) is 11.5 Å². The van der Waals surface area contributed by atoms with Crippen molar-refractivity contribution in [2.75, 3.05) is 18.1 Å². The van der Waals surface area contributed by atoms with Gasteiger partial charge in [-0.05, 0) is 79.9 Å². The van der Waals surface area contributed by atoms with E-state index in [1.54, 1.807) is 67.0 Å². The number of hydrogen-bond acceptors (Lipinski definition) is 7. The summed E-state index contributed by atoms with van der Waals surface area (Å²) >= 11 is 0. The van der Waals surface area contributed by atoms with Crippen LogP contribution in [0, 0.1) is 6.92 Å². The minimum atomic E-state index is -0.918. The maximum Gasteiger partial charge on any atom is 0.338 e. The average molecular weight is 501 g/mol. The van der Waals surface area contributed by atoms with Crippen LogP contribution in [0.1, 0.15) is 53.4 Å². The molecule has 37 heavy (non-hydrogen) atoms. The van der Waals surface area contributed by atoms with Gasteiger partial charge in [0.15, 0.2) is 0 Å². The van der Waals surface area contributed by atoms with Crippen LogP contribution in [0.4, 0.5) is 5.69 Å². The van der Waals surface area contributed by atoms with E-state index in [1.165, 1.54) is 4.90 Å². The number of ketones is 1. The van der Waals surface area contributed by atoms with Crippen LogP contribution in [-0.4, -0.2) is 41.0 Å². The zero-order chi connectivity index (χ0) is 26.5. The van der Waals surface area contributed by atoms with Gasteiger partial charge in [-0.15, -0.1) is 0 Å². The SMILES string of the molecule is CCCOC(=O)c1ccc(N2C(=O)C(=O)/C(=C(\O)c3ccc(OCC)c(C)c3)C2c2cccnc2)cc1. The van der Waals surface area contributed by atoms with Gasteiger partial charge in [-0.3, -0.25) is 19.5 Å². The quantitative estimate of drug-likeness (QED) is 0.201. The van der Waals surface area contributed by atoms with Gasteiger partial charge in [0, 0.05) is 23.6 Å². The zero-order valence-electron chi connectivity index (χ0n) is 20.9. The Morgan fingerprint density at radius 1 is 1.05 bits per heavy atom. The van der Waals surface area contributed by atoms with Crippen LogP contribution < -0.4 is 9.64 Å². The van der Waals surface area contributed by atoms with Gasteiger partial charge in [-0.25, -0.2) is 4.79 Å². The number of Topliss-reactive ketones (excluding diaryl/α,β-unsaturated/α-hetero) is 1. The van der Waals surface area contributed by atoms with Gasteiger partial charge in [0.2, 0.25) is 0 Å². The van der Waals surface area contributed by atoms with Crippen LogP contribution in [0.5, 0.6) is 5.75 Å². The minimum absolute atomic E-state index is 0.0482. The van der Waals surface area contributed by atoms with E-state index in [4.69, 9.17) is 9.47 Å². The molecule has 0 spiro atoms. The smallest absolute Gasteiger partial charge is 0.338 e. The Labute approximate surface area is 215 Å². The number of aliphatic hydroxyl groups excluding tert-OH is 1. The van der Waals surface area contributed by atoms with Crippen LogP contribution >= 0.6 is 0 Å². The number of rotatable bonds is 8. The number of aromatic nitrogens is 1. The third kappa shape index (κ3) is 5.09. The molecule has 1 aromatic heterocycles. The second-order valence-electron chi connectivity index (χ2n) is 8.55. The van der Waals surface area contributed by atoms with E-state index >= 15 is 0 Å². The molecule has 0 radical (unpaired) electrons. The van der Waals surface area contributed by atoms with Crippen molar-refractivity contribution in [2.45, 2.75) is 33.2 Å². The fourth-order valence-corrected chi connectivity index (χ4v) is 4.26. The molecule has 3 aromatic rings. The van der Waals surface area contributed by atoms with Crippen molar-refractivity contribution in [3.63, 3.8) is 0 Å². The Kier molecular flexibility index (Phi) is 7.67. The van der Waals surface area contributed by atoms with Gasteiger partial charge >= 0.3 is 5.97 Å². The first-order valence-electron chi connectivity index (χ1n) is 12.1. The van der Waals surface area contributed by atoms with Crippen molar-refractivity contribution < 1.29 is 29.0 Å². The molecule has 8 heteroatoms. The summed E-state index contributed by atoms with van der Waals surface area (Å²) < 4.78 is 10.8. The zero-order valence-corrected chi connectivity index (χ0v) is 20.9. The van der Waals surface area contributed by atoms with E-state index < -0.39 is 23.7 Å². The lowest BCUT2D eigenvalue weighted by Gasteiger charge is -2.25. The molecule has 1 atom stereocenters. The first-order valence-corrected chi connectivity index (χ1v) is 12.1. The van der Waals surface area contributed by atoms with Gasteiger partial charge < -0.3 is 14.6 Å². The molecular formula is C29H28N2O6. The molecule has 0 bridgehead atoms. The lowest BCUT2D eigenvalue weighted by atomic mass is 9.95. The number of ether oxygens (including phenoxy) is 2. The highest BCUT2D eigenvalue weighted by Crippen LogP contribution is 2.42. The number of benzene rings is 2. The Bertz CT molecular complexity index is 1350. The fraction of sp³-hybridized carbons (Fsp3) is 0.241. The highest BCUT2D eigenvalue weighted by molar-refractivity contribution is 6.51. The van der Waals surface area contributed by atoms with E-state index in [0.717, 1.165) is 5.56 Å². The number of aliphatic hydroxyl groups is 1. The van der Waals surface area contributed by atoms with Gasteiger partial charge in [0.25, 0.3) is 11.7 Å². The first kappa shape index (κ1) is 25.6. The molecule has 1 saturated heterocycles. The number of esters is 1. The number of anilines is 1. The molecule has 1 aliphatic heterocycles. The second-order valence-corrected chi connectivity index (χ2v) is 8.55. The molecule has 1 unspecified atom stereocenters. The first-order chi connectivity index (χ1) is 17.9. The predicted molar refractivity (Wildman–Crippen MR) is 138 cm³/mol. The Hall–Kier alpha value is -4.46. The van der Waals surface area contributed by atoms with Crippen LogP contribution in [0.15, 0.2) is 72.6 Å². The van der Waals surface area contributed by atoms with Crippen molar-refractivity contribution in [2.24, 2.45) is 0 Å². The van der Waals surface area contributed by atoms with E-state index in [2.05, 4.69) is 4.98 Å². The molecule has 1 fully saturated rings. The summed E-state index contributed by atoms with van der Waals surface area (Å²) in [4.78, 5) is 44.3. The molecule has 1 amide bonds. The molecule has 0 saturated carbocycles. The topological polar surface area (TPSA) is 106 Å². The Morgan fingerprint density at radius 2 is 1.78 bits per heavy atom. The summed E-state index contributed by atoms with van der Waals surface area (Å²) in [5.41, 5.74) is 2.40. The molecule has 2 heterocycles. The Morgan fingerprint density at radius 3 is 2.41 bits per heavy atom.